The third-order valence-electron chi connectivity index (χ3n) is 6.92. The Morgan fingerprint density at radius 3 is 1.79 bits per heavy atom. The fourth-order valence-corrected chi connectivity index (χ4v) is 5.31. The first-order valence-electron chi connectivity index (χ1n) is 13.9. The summed E-state index contributed by atoms with van der Waals surface area (Å²) in [6.45, 7) is 6.57. The van der Waals surface area contributed by atoms with Gasteiger partial charge in [0.1, 0.15) is 10.1 Å². The minimum absolute atomic E-state index is 0.139. The summed E-state index contributed by atoms with van der Waals surface area (Å²) in [7, 11) is -4.31. The van der Waals surface area contributed by atoms with Crippen LogP contribution in [0, 0.1) is 0 Å². The normalized spacial score (nSPS) is 11.6. The van der Waals surface area contributed by atoms with Crippen molar-refractivity contribution < 1.29 is 17.5 Å². The minimum atomic E-state index is -4.31. The lowest BCUT2D eigenvalue weighted by molar-refractivity contribution is -0.745. The third-order valence-corrected chi connectivity index (χ3v) is 8.08. The van der Waals surface area contributed by atoms with Crippen molar-refractivity contribution in [1.29, 1.82) is 0 Å². The van der Waals surface area contributed by atoms with Gasteiger partial charge in [0.2, 0.25) is 0 Å². The van der Waals surface area contributed by atoms with Gasteiger partial charge in [-0.1, -0.05) is 107 Å². The van der Waals surface area contributed by atoms with Crippen LogP contribution in [-0.2, 0) is 22.1 Å². The van der Waals surface area contributed by atoms with Crippen LogP contribution in [0.25, 0.3) is 0 Å². The molecule has 0 aliphatic carbocycles. The van der Waals surface area contributed by atoms with Crippen LogP contribution in [0.5, 0.6) is 0 Å². The lowest BCUT2D eigenvalue weighted by Gasteiger charge is -2.20. The van der Waals surface area contributed by atoms with Crippen LogP contribution in [0.2, 0.25) is 5.15 Å². The molecule has 0 saturated carbocycles. The Morgan fingerprint density at radius 2 is 1.26 bits per heavy atom. The summed E-state index contributed by atoms with van der Waals surface area (Å²) < 4.78 is 34.6. The molecule has 0 aliphatic rings. The molecule has 1 aromatic heterocycles. The summed E-state index contributed by atoms with van der Waals surface area (Å²) >= 11 is 6.22. The number of pyridine rings is 1. The van der Waals surface area contributed by atoms with E-state index in [2.05, 4.69) is 49.6 Å². The number of halogens is 1. The zero-order chi connectivity index (χ0) is 27.9. The Balaban J connectivity index is 0.000000279. The van der Waals surface area contributed by atoms with Gasteiger partial charge >= 0.3 is 0 Å². The Kier molecular flexibility index (Phi) is 14.1. The Bertz CT molecular complexity index is 1160. The maximum Gasteiger partial charge on any atom is 0.275 e. The summed E-state index contributed by atoms with van der Waals surface area (Å²) in [4.78, 5) is -0.140. The first kappa shape index (κ1) is 32.0. The lowest BCUT2D eigenvalue weighted by atomic mass is 9.94. The average molecular weight is 558 g/mol. The van der Waals surface area contributed by atoms with Crippen LogP contribution in [0.15, 0.2) is 83.9 Å². The quantitative estimate of drug-likeness (QED) is 0.0864. The van der Waals surface area contributed by atoms with E-state index >= 15 is 0 Å². The molecular weight excluding hydrogens is 514 g/mol. The van der Waals surface area contributed by atoms with Crippen molar-refractivity contribution in [2.45, 2.75) is 102 Å². The molecule has 1 heterocycles. The highest BCUT2D eigenvalue weighted by atomic mass is 35.5. The summed E-state index contributed by atoms with van der Waals surface area (Å²) in [5, 5.41) is 0.747. The molecule has 3 rings (SSSR count). The van der Waals surface area contributed by atoms with E-state index in [1.54, 1.807) is 12.1 Å². The molecule has 0 bridgehead atoms. The Morgan fingerprint density at radius 1 is 0.737 bits per heavy atom. The maximum absolute atomic E-state index is 10.8. The Labute approximate surface area is 235 Å². The van der Waals surface area contributed by atoms with E-state index in [-0.39, 0.29) is 10.4 Å². The van der Waals surface area contributed by atoms with Gasteiger partial charge in [-0.05, 0) is 48.2 Å². The number of benzene rings is 2. The summed E-state index contributed by atoms with van der Waals surface area (Å²) in [6.07, 6.45) is 16.1. The van der Waals surface area contributed by atoms with Gasteiger partial charge in [-0.2, -0.15) is 4.57 Å². The van der Waals surface area contributed by atoms with Crippen molar-refractivity contribution >= 4 is 21.7 Å². The topological polar surface area (TPSA) is 61.1 Å². The predicted octanol–water partition coefficient (Wildman–Crippen LogP) is 8.47. The van der Waals surface area contributed by atoms with Gasteiger partial charge in [-0.3, -0.25) is 0 Å². The Hall–Kier alpha value is -2.21. The van der Waals surface area contributed by atoms with Crippen LogP contribution in [0.3, 0.4) is 0 Å². The molecule has 0 N–H and O–H groups in total. The molecular formula is C32H44ClNO3S. The van der Waals surface area contributed by atoms with Gasteiger partial charge < -0.3 is 4.55 Å². The molecule has 0 unspecified atom stereocenters. The second-order valence-corrected chi connectivity index (χ2v) is 12.1. The monoisotopic (exact) mass is 557 g/mol. The molecule has 0 atom stereocenters. The van der Waals surface area contributed by atoms with Crippen molar-refractivity contribution in [3.05, 3.63) is 95.3 Å². The maximum atomic E-state index is 10.8. The molecule has 0 spiro atoms. The number of rotatable bonds is 14. The number of nitrogens with zero attached hydrogens (tertiary/aromatic N) is 1. The standard InChI is InChI=1S/C18H30O3S.C14H15ClN/c1-2-3-4-5-6-7-8-9-10-11-12-17-13-15-18(16-14-17)22(19,20)21;1-14(2,12-8-4-3-5-9-12)16-11-7-6-10-13(16)15/h13-16H,2-12H2,1H3,(H,19,20,21);3-11H,1-2H3/q;+1/p-1. The van der Waals surface area contributed by atoms with Gasteiger partial charge in [-0.15, -0.1) is 0 Å². The highest BCUT2D eigenvalue weighted by Gasteiger charge is 2.32. The van der Waals surface area contributed by atoms with Gasteiger partial charge in [0.25, 0.3) is 5.15 Å². The molecule has 0 saturated heterocycles. The van der Waals surface area contributed by atoms with Gasteiger partial charge in [-0.25, -0.2) is 8.42 Å². The molecule has 2 aromatic carbocycles. The van der Waals surface area contributed by atoms with Crippen LogP contribution in [0.1, 0.15) is 96.1 Å². The second kappa shape index (κ2) is 16.7. The van der Waals surface area contributed by atoms with E-state index in [0.717, 1.165) is 23.6 Å². The molecule has 38 heavy (non-hydrogen) atoms. The van der Waals surface area contributed by atoms with Crippen molar-refractivity contribution in [3.8, 4) is 0 Å². The number of unbranched alkanes of at least 4 members (excludes halogenated alkanes) is 9. The fourth-order valence-electron chi connectivity index (χ4n) is 4.50. The summed E-state index contributed by atoms with van der Waals surface area (Å²) in [5.74, 6) is 0. The average Bonchev–Trinajstić information content (AvgIpc) is 2.90. The number of aryl methyl sites for hydroxylation is 1. The zero-order valence-corrected chi connectivity index (χ0v) is 24.8. The van der Waals surface area contributed by atoms with Gasteiger partial charge in [0.15, 0.2) is 11.7 Å². The molecule has 0 amide bonds. The lowest BCUT2D eigenvalue weighted by Crippen LogP contribution is -2.53. The first-order chi connectivity index (χ1) is 18.2. The van der Waals surface area contributed by atoms with Gasteiger partial charge in [0.05, 0.1) is 4.90 Å². The summed E-state index contributed by atoms with van der Waals surface area (Å²) in [5.41, 5.74) is 2.21. The van der Waals surface area contributed by atoms with E-state index in [1.807, 2.05) is 30.5 Å². The fraction of sp³-hybridized carbons (Fsp3) is 0.469. The third kappa shape index (κ3) is 11.3. The molecule has 3 aromatic rings. The van der Waals surface area contributed by atoms with E-state index in [1.165, 1.54) is 75.5 Å². The molecule has 208 valence electrons. The predicted molar refractivity (Wildman–Crippen MR) is 156 cm³/mol. The number of hydrogen-bond donors (Lipinski definition) is 0. The van der Waals surface area contributed by atoms with Crippen LogP contribution in [-0.4, -0.2) is 13.0 Å². The highest BCUT2D eigenvalue weighted by Crippen LogP contribution is 2.21. The SMILES string of the molecule is CC(C)(c1ccccc1)[n+]1ccccc1Cl.CCCCCCCCCCCCc1ccc(S(=O)(=O)[O-])cc1. The number of hydrogen-bond acceptors (Lipinski definition) is 3. The van der Waals surface area contributed by atoms with Crippen molar-refractivity contribution in [2.75, 3.05) is 0 Å². The minimum Gasteiger partial charge on any atom is -0.744 e. The first-order valence-corrected chi connectivity index (χ1v) is 15.7. The molecule has 4 nitrogen and oxygen atoms in total. The highest BCUT2D eigenvalue weighted by molar-refractivity contribution is 7.85. The largest absolute Gasteiger partial charge is 0.744 e. The van der Waals surface area contributed by atoms with Crippen LogP contribution in [0.4, 0.5) is 0 Å². The second-order valence-electron chi connectivity index (χ2n) is 10.3. The number of aromatic nitrogens is 1. The zero-order valence-electron chi connectivity index (χ0n) is 23.2. The molecule has 0 radical (unpaired) electrons. The van der Waals surface area contributed by atoms with Crippen LogP contribution >= 0.6 is 11.6 Å². The molecule has 6 heteroatoms. The summed E-state index contributed by atoms with van der Waals surface area (Å²) in [6, 6.07) is 22.5. The van der Waals surface area contributed by atoms with Gasteiger partial charge in [0, 0.05) is 31.5 Å². The van der Waals surface area contributed by atoms with Crippen molar-refractivity contribution in [2.24, 2.45) is 0 Å². The van der Waals surface area contributed by atoms with E-state index in [4.69, 9.17) is 11.6 Å². The van der Waals surface area contributed by atoms with Crippen molar-refractivity contribution in [3.63, 3.8) is 0 Å². The van der Waals surface area contributed by atoms with Crippen molar-refractivity contribution in [1.82, 2.24) is 0 Å². The van der Waals surface area contributed by atoms with E-state index < -0.39 is 10.1 Å². The van der Waals surface area contributed by atoms with Crippen LogP contribution < -0.4 is 4.57 Å². The van der Waals surface area contributed by atoms with E-state index in [9.17, 15) is 13.0 Å². The van der Waals surface area contributed by atoms with E-state index in [0.29, 0.717) is 0 Å². The smallest absolute Gasteiger partial charge is 0.275 e. The molecule has 0 fully saturated rings. The molecule has 0 aliphatic heterocycles.